The molecule has 1 aromatic rings. The van der Waals surface area contributed by atoms with E-state index in [2.05, 4.69) is 31.2 Å². The highest BCUT2D eigenvalue weighted by Gasteiger charge is 2.43. The van der Waals surface area contributed by atoms with Gasteiger partial charge in [-0.15, -0.1) is 11.8 Å². The van der Waals surface area contributed by atoms with Crippen molar-refractivity contribution in [1.82, 2.24) is 0 Å². The predicted octanol–water partition coefficient (Wildman–Crippen LogP) is 3.05. The van der Waals surface area contributed by atoms with E-state index >= 15 is 0 Å². The largest absolute Gasteiger partial charge is 0.537 e. The van der Waals surface area contributed by atoms with Crippen LogP contribution in [-0.4, -0.2) is 34.4 Å². The maximum Gasteiger partial charge on any atom is 0.537 e. The van der Waals surface area contributed by atoms with Crippen molar-refractivity contribution >= 4 is 25.8 Å². The van der Waals surface area contributed by atoms with Gasteiger partial charge in [0.05, 0.1) is 0 Å². The molecule has 0 aliphatic heterocycles. The molecule has 0 aliphatic carbocycles. The molecule has 3 nitrogen and oxygen atoms in total. The first-order valence-electron chi connectivity index (χ1n) is 6.87. The van der Waals surface area contributed by atoms with E-state index in [4.69, 9.17) is 13.3 Å². The molecule has 0 aromatic heterocycles. The SMILES string of the molecule is CCO[Si](OCC)(OCC)c1ccc(SCC)cc1. The molecule has 0 heterocycles. The summed E-state index contributed by atoms with van der Waals surface area (Å²) in [5.74, 6) is 1.07. The highest BCUT2D eigenvalue weighted by Crippen LogP contribution is 2.18. The van der Waals surface area contributed by atoms with Gasteiger partial charge in [-0.2, -0.15) is 0 Å². The smallest absolute Gasteiger partial charge is 0.370 e. The van der Waals surface area contributed by atoms with E-state index in [0.29, 0.717) is 19.8 Å². The standard InChI is InChI=1S/C14H24O3SSi/c1-5-15-19(16-6-2,17-7-3)14-11-9-13(10-12-14)18-8-4/h9-12H,5-8H2,1-4H3. The topological polar surface area (TPSA) is 27.7 Å². The van der Waals surface area contributed by atoms with Gasteiger partial charge in [0.25, 0.3) is 0 Å². The number of hydrogen-bond acceptors (Lipinski definition) is 4. The van der Waals surface area contributed by atoms with Gasteiger partial charge in [-0.25, -0.2) is 0 Å². The molecule has 1 aromatic carbocycles. The Morgan fingerprint density at radius 1 is 0.842 bits per heavy atom. The molecule has 0 bridgehead atoms. The first-order chi connectivity index (χ1) is 9.22. The molecule has 0 N–H and O–H groups in total. The summed E-state index contributed by atoms with van der Waals surface area (Å²) in [6.45, 7) is 9.86. The third-order valence-corrected chi connectivity index (χ3v) is 6.46. The molecule has 0 fully saturated rings. The molecule has 0 aliphatic rings. The predicted molar refractivity (Wildman–Crippen MR) is 83.1 cm³/mol. The normalized spacial score (nSPS) is 11.8. The van der Waals surface area contributed by atoms with Crippen LogP contribution in [0.25, 0.3) is 0 Å². The summed E-state index contributed by atoms with van der Waals surface area (Å²) >= 11 is 1.83. The summed E-state index contributed by atoms with van der Waals surface area (Å²) in [5, 5.41) is 1.04. The van der Waals surface area contributed by atoms with Crippen LogP contribution in [0.1, 0.15) is 27.7 Å². The Morgan fingerprint density at radius 2 is 1.32 bits per heavy atom. The second-order valence-corrected chi connectivity index (χ2v) is 7.71. The Hall–Kier alpha value is -0.333. The van der Waals surface area contributed by atoms with Gasteiger partial charge < -0.3 is 13.3 Å². The van der Waals surface area contributed by atoms with Gasteiger partial charge in [-0.05, 0) is 38.7 Å². The van der Waals surface area contributed by atoms with Crippen LogP contribution in [0.4, 0.5) is 0 Å². The van der Waals surface area contributed by atoms with Crippen LogP contribution in [0.15, 0.2) is 29.2 Å². The summed E-state index contributed by atoms with van der Waals surface area (Å²) in [6.07, 6.45) is 0. The minimum absolute atomic E-state index is 0.595. The molecular formula is C14H24O3SSi. The number of thioether (sulfide) groups is 1. The van der Waals surface area contributed by atoms with Crippen molar-refractivity contribution in [3.63, 3.8) is 0 Å². The summed E-state index contributed by atoms with van der Waals surface area (Å²) in [5.41, 5.74) is 0. The lowest BCUT2D eigenvalue weighted by Gasteiger charge is -2.28. The van der Waals surface area contributed by atoms with E-state index in [-0.39, 0.29) is 0 Å². The molecule has 0 atom stereocenters. The maximum absolute atomic E-state index is 5.88. The fourth-order valence-corrected chi connectivity index (χ4v) is 4.99. The summed E-state index contributed by atoms with van der Waals surface area (Å²) in [4.78, 5) is 1.26. The van der Waals surface area contributed by atoms with Crippen molar-refractivity contribution in [3.8, 4) is 0 Å². The molecule has 0 saturated carbocycles. The molecule has 108 valence electrons. The minimum Gasteiger partial charge on any atom is -0.370 e. The zero-order valence-corrected chi connectivity index (χ0v) is 14.1. The van der Waals surface area contributed by atoms with Gasteiger partial charge in [0, 0.05) is 29.9 Å². The highest BCUT2D eigenvalue weighted by atomic mass is 32.2. The lowest BCUT2D eigenvalue weighted by Crippen LogP contribution is -2.56. The van der Waals surface area contributed by atoms with Crippen molar-refractivity contribution in [2.75, 3.05) is 25.6 Å². The average molecular weight is 300 g/mol. The minimum atomic E-state index is -2.73. The van der Waals surface area contributed by atoms with Crippen molar-refractivity contribution < 1.29 is 13.3 Å². The van der Waals surface area contributed by atoms with Crippen LogP contribution in [0, 0.1) is 0 Å². The maximum atomic E-state index is 5.88. The first kappa shape index (κ1) is 16.7. The van der Waals surface area contributed by atoms with Crippen molar-refractivity contribution in [2.24, 2.45) is 0 Å². The summed E-state index contributed by atoms with van der Waals surface area (Å²) in [6, 6.07) is 8.38. The third-order valence-electron chi connectivity index (χ3n) is 2.52. The molecule has 5 heteroatoms. The van der Waals surface area contributed by atoms with E-state index < -0.39 is 8.80 Å². The first-order valence-corrected chi connectivity index (χ1v) is 9.58. The van der Waals surface area contributed by atoms with Gasteiger partial charge in [-0.1, -0.05) is 19.1 Å². The lowest BCUT2D eigenvalue weighted by molar-refractivity contribution is 0.0859. The second kappa shape index (κ2) is 8.76. The second-order valence-electron chi connectivity index (χ2n) is 3.81. The van der Waals surface area contributed by atoms with E-state index in [1.54, 1.807) is 0 Å². The van der Waals surface area contributed by atoms with Crippen LogP contribution in [0.3, 0.4) is 0 Å². The lowest BCUT2D eigenvalue weighted by atomic mass is 10.4. The van der Waals surface area contributed by atoms with Gasteiger partial charge in [-0.3, -0.25) is 0 Å². The molecule has 19 heavy (non-hydrogen) atoms. The number of benzene rings is 1. The fourth-order valence-electron chi connectivity index (χ4n) is 1.87. The summed E-state index contributed by atoms with van der Waals surface area (Å²) < 4.78 is 17.7. The van der Waals surface area contributed by atoms with Crippen LogP contribution in [0.2, 0.25) is 0 Å². The number of hydrogen-bond donors (Lipinski definition) is 0. The van der Waals surface area contributed by atoms with Crippen LogP contribution in [0.5, 0.6) is 0 Å². The van der Waals surface area contributed by atoms with Gasteiger partial charge in [0.15, 0.2) is 0 Å². The molecule has 0 radical (unpaired) electrons. The van der Waals surface area contributed by atoms with Crippen LogP contribution in [-0.2, 0) is 13.3 Å². The zero-order chi connectivity index (χ0) is 14.1. The average Bonchev–Trinajstić information content (AvgIpc) is 2.41. The molecular weight excluding hydrogens is 276 g/mol. The van der Waals surface area contributed by atoms with E-state index in [9.17, 15) is 0 Å². The van der Waals surface area contributed by atoms with Gasteiger partial charge in [0.1, 0.15) is 0 Å². The van der Waals surface area contributed by atoms with Crippen LogP contribution >= 0.6 is 11.8 Å². The molecule has 0 spiro atoms. The molecule has 0 unspecified atom stereocenters. The monoisotopic (exact) mass is 300 g/mol. The Bertz CT molecular complexity index is 339. The quantitative estimate of drug-likeness (QED) is 0.517. The van der Waals surface area contributed by atoms with Crippen molar-refractivity contribution in [3.05, 3.63) is 24.3 Å². The van der Waals surface area contributed by atoms with Crippen molar-refractivity contribution in [2.45, 2.75) is 32.6 Å². The van der Waals surface area contributed by atoms with E-state index in [0.717, 1.165) is 10.9 Å². The van der Waals surface area contributed by atoms with E-state index in [1.807, 2.05) is 32.5 Å². The molecule has 0 saturated heterocycles. The highest BCUT2D eigenvalue weighted by molar-refractivity contribution is 7.99. The van der Waals surface area contributed by atoms with Gasteiger partial charge >= 0.3 is 8.80 Å². The Morgan fingerprint density at radius 3 is 1.68 bits per heavy atom. The Balaban J connectivity index is 3.00. The number of rotatable bonds is 9. The Kier molecular flexibility index (Phi) is 7.71. The fraction of sp³-hybridized carbons (Fsp3) is 0.571. The third kappa shape index (κ3) is 4.61. The van der Waals surface area contributed by atoms with Gasteiger partial charge in [0.2, 0.25) is 0 Å². The molecule has 0 amide bonds. The van der Waals surface area contributed by atoms with E-state index in [1.165, 1.54) is 4.90 Å². The summed E-state index contributed by atoms with van der Waals surface area (Å²) in [7, 11) is -2.73. The molecule has 1 rings (SSSR count). The zero-order valence-electron chi connectivity index (χ0n) is 12.3. The van der Waals surface area contributed by atoms with Crippen LogP contribution < -0.4 is 5.19 Å². The Labute approximate surface area is 122 Å². The van der Waals surface area contributed by atoms with Crippen molar-refractivity contribution in [1.29, 1.82) is 0 Å².